The maximum absolute atomic E-state index is 4.39. The van der Waals surface area contributed by atoms with Crippen molar-refractivity contribution in [2.24, 2.45) is 0 Å². The molecule has 0 N–H and O–H groups in total. The van der Waals surface area contributed by atoms with Crippen LogP contribution in [-0.2, 0) is 0 Å². The SMILES string of the molecule is c1ccc(-c2ncc(C3CCCCC3)nn2)nc1. The summed E-state index contributed by atoms with van der Waals surface area (Å²) in [6.07, 6.45) is 10.0. The molecule has 0 bridgehead atoms. The summed E-state index contributed by atoms with van der Waals surface area (Å²) in [5.74, 6) is 1.16. The van der Waals surface area contributed by atoms with Crippen LogP contribution >= 0.6 is 0 Å². The fourth-order valence-electron chi connectivity index (χ4n) is 2.48. The average Bonchev–Trinajstić information content (AvgIpc) is 2.49. The van der Waals surface area contributed by atoms with E-state index in [2.05, 4.69) is 20.2 Å². The minimum Gasteiger partial charge on any atom is -0.253 e. The molecule has 92 valence electrons. The lowest BCUT2D eigenvalue weighted by molar-refractivity contribution is 0.433. The van der Waals surface area contributed by atoms with E-state index in [0.717, 1.165) is 11.4 Å². The van der Waals surface area contributed by atoms with Gasteiger partial charge in [0.1, 0.15) is 5.69 Å². The molecule has 0 aromatic carbocycles. The van der Waals surface area contributed by atoms with Crippen molar-refractivity contribution in [1.29, 1.82) is 0 Å². The van der Waals surface area contributed by atoms with Gasteiger partial charge in [-0.15, -0.1) is 5.10 Å². The summed E-state index contributed by atoms with van der Waals surface area (Å²) in [6.45, 7) is 0. The van der Waals surface area contributed by atoms with Crippen molar-refractivity contribution in [1.82, 2.24) is 20.2 Å². The van der Waals surface area contributed by atoms with Crippen LogP contribution < -0.4 is 0 Å². The average molecular weight is 240 g/mol. The first kappa shape index (κ1) is 11.3. The zero-order valence-corrected chi connectivity index (χ0v) is 10.3. The van der Waals surface area contributed by atoms with Crippen LogP contribution in [-0.4, -0.2) is 20.2 Å². The van der Waals surface area contributed by atoms with Crippen molar-refractivity contribution in [2.75, 3.05) is 0 Å². The van der Waals surface area contributed by atoms with Crippen molar-refractivity contribution in [2.45, 2.75) is 38.0 Å². The Balaban J connectivity index is 1.80. The van der Waals surface area contributed by atoms with E-state index in [1.54, 1.807) is 6.20 Å². The Morgan fingerprint density at radius 1 is 0.944 bits per heavy atom. The van der Waals surface area contributed by atoms with Crippen LogP contribution in [0.5, 0.6) is 0 Å². The molecule has 0 unspecified atom stereocenters. The van der Waals surface area contributed by atoms with E-state index >= 15 is 0 Å². The zero-order valence-electron chi connectivity index (χ0n) is 10.3. The molecular weight excluding hydrogens is 224 g/mol. The molecule has 1 aliphatic rings. The normalized spacial score (nSPS) is 16.7. The van der Waals surface area contributed by atoms with Gasteiger partial charge in [-0.3, -0.25) is 4.98 Å². The van der Waals surface area contributed by atoms with E-state index < -0.39 is 0 Å². The number of hydrogen-bond donors (Lipinski definition) is 0. The lowest BCUT2D eigenvalue weighted by Gasteiger charge is -2.19. The molecule has 3 rings (SSSR count). The summed E-state index contributed by atoms with van der Waals surface area (Å²) in [6, 6.07) is 5.71. The number of pyridine rings is 1. The number of rotatable bonds is 2. The van der Waals surface area contributed by atoms with E-state index in [1.165, 1.54) is 32.1 Å². The van der Waals surface area contributed by atoms with Gasteiger partial charge in [-0.1, -0.05) is 25.3 Å². The molecule has 0 radical (unpaired) electrons. The fourth-order valence-corrected chi connectivity index (χ4v) is 2.48. The van der Waals surface area contributed by atoms with Crippen LogP contribution in [0.25, 0.3) is 11.5 Å². The van der Waals surface area contributed by atoms with Crippen LogP contribution in [0.4, 0.5) is 0 Å². The van der Waals surface area contributed by atoms with Gasteiger partial charge in [0.15, 0.2) is 5.82 Å². The van der Waals surface area contributed by atoms with Crippen LogP contribution in [0.3, 0.4) is 0 Å². The zero-order chi connectivity index (χ0) is 12.2. The first-order valence-electron chi connectivity index (χ1n) is 6.54. The van der Waals surface area contributed by atoms with Gasteiger partial charge in [-0.2, -0.15) is 5.10 Å². The summed E-state index contributed by atoms with van der Waals surface area (Å²) >= 11 is 0. The van der Waals surface area contributed by atoms with Crippen LogP contribution in [0.15, 0.2) is 30.6 Å². The molecule has 0 aliphatic heterocycles. The van der Waals surface area contributed by atoms with E-state index in [9.17, 15) is 0 Å². The van der Waals surface area contributed by atoms with Crippen molar-refractivity contribution < 1.29 is 0 Å². The second-order valence-corrected chi connectivity index (χ2v) is 4.76. The monoisotopic (exact) mass is 240 g/mol. The Morgan fingerprint density at radius 3 is 2.50 bits per heavy atom. The molecule has 0 saturated heterocycles. The second-order valence-electron chi connectivity index (χ2n) is 4.76. The molecule has 2 aromatic rings. The second kappa shape index (κ2) is 5.21. The van der Waals surface area contributed by atoms with Gasteiger partial charge in [-0.25, -0.2) is 4.98 Å². The van der Waals surface area contributed by atoms with Crippen LogP contribution in [0.1, 0.15) is 43.7 Å². The van der Waals surface area contributed by atoms with Crippen LogP contribution in [0.2, 0.25) is 0 Å². The van der Waals surface area contributed by atoms with Gasteiger partial charge in [0, 0.05) is 12.1 Å². The van der Waals surface area contributed by atoms with Gasteiger partial charge >= 0.3 is 0 Å². The third-order valence-electron chi connectivity index (χ3n) is 3.50. The largest absolute Gasteiger partial charge is 0.253 e. The predicted molar refractivity (Wildman–Crippen MR) is 68.9 cm³/mol. The van der Waals surface area contributed by atoms with Crippen molar-refractivity contribution in [3.63, 3.8) is 0 Å². The molecule has 1 saturated carbocycles. The summed E-state index contributed by atoms with van der Waals surface area (Å²) in [4.78, 5) is 8.61. The fraction of sp³-hybridized carbons (Fsp3) is 0.429. The third-order valence-corrected chi connectivity index (χ3v) is 3.50. The highest BCUT2D eigenvalue weighted by Gasteiger charge is 2.17. The first-order chi connectivity index (χ1) is 8.93. The maximum atomic E-state index is 4.39. The highest BCUT2D eigenvalue weighted by molar-refractivity contribution is 5.46. The topological polar surface area (TPSA) is 51.6 Å². The van der Waals surface area contributed by atoms with Crippen molar-refractivity contribution in [3.8, 4) is 11.5 Å². The molecule has 4 nitrogen and oxygen atoms in total. The highest BCUT2D eigenvalue weighted by atomic mass is 15.2. The quantitative estimate of drug-likeness (QED) is 0.809. The van der Waals surface area contributed by atoms with Crippen molar-refractivity contribution in [3.05, 3.63) is 36.3 Å². The molecule has 0 amide bonds. The molecule has 0 spiro atoms. The van der Waals surface area contributed by atoms with Gasteiger partial charge in [0.2, 0.25) is 0 Å². The van der Waals surface area contributed by atoms with Crippen LogP contribution in [0, 0.1) is 0 Å². The van der Waals surface area contributed by atoms with E-state index in [1.807, 2.05) is 24.4 Å². The molecule has 2 heterocycles. The summed E-state index contributed by atoms with van der Waals surface area (Å²) < 4.78 is 0. The van der Waals surface area contributed by atoms with Gasteiger partial charge in [0.25, 0.3) is 0 Å². The summed E-state index contributed by atoms with van der Waals surface area (Å²) in [7, 11) is 0. The lowest BCUT2D eigenvalue weighted by atomic mass is 9.87. The van der Waals surface area contributed by atoms with Gasteiger partial charge in [-0.05, 0) is 25.0 Å². The number of nitrogens with zero attached hydrogens (tertiary/aromatic N) is 4. The Morgan fingerprint density at radius 2 is 1.83 bits per heavy atom. The smallest absolute Gasteiger partial charge is 0.200 e. The Kier molecular flexibility index (Phi) is 3.26. The third kappa shape index (κ3) is 2.37. The van der Waals surface area contributed by atoms with Crippen molar-refractivity contribution >= 4 is 0 Å². The van der Waals surface area contributed by atoms with Gasteiger partial charge in [0.05, 0.1) is 11.9 Å². The summed E-state index contributed by atoms with van der Waals surface area (Å²) in [5.41, 5.74) is 1.81. The molecule has 18 heavy (non-hydrogen) atoms. The summed E-state index contributed by atoms with van der Waals surface area (Å²) in [5, 5.41) is 8.53. The predicted octanol–water partition coefficient (Wildman–Crippen LogP) is 2.98. The minimum atomic E-state index is 0.552. The van der Waals surface area contributed by atoms with E-state index in [4.69, 9.17) is 0 Å². The number of aromatic nitrogens is 4. The first-order valence-corrected chi connectivity index (χ1v) is 6.54. The lowest BCUT2D eigenvalue weighted by Crippen LogP contribution is -2.08. The molecule has 1 fully saturated rings. The highest BCUT2D eigenvalue weighted by Crippen LogP contribution is 2.30. The Labute approximate surface area is 107 Å². The molecule has 2 aromatic heterocycles. The maximum Gasteiger partial charge on any atom is 0.200 e. The van der Waals surface area contributed by atoms with E-state index in [0.29, 0.717) is 11.7 Å². The molecule has 0 atom stereocenters. The molecular formula is C14H16N4. The van der Waals surface area contributed by atoms with Gasteiger partial charge < -0.3 is 0 Å². The van der Waals surface area contributed by atoms with E-state index in [-0.39, 0.29) is 0 Å². The Bertz CT molecular complexity index is 489. The molecule has 1 aliphatic carbocycles. The minimum absolute atomic E-state index is 0.552. The Hall–Kier alpha value is -1.84. The number of hydrogen-bond acceptors (Lipinski definition) is 4. The standard InChI is InChI=1S/C14H16N4/c1-2-6-11(7-3-1)13-10-16-14(18-17-13)12-8-4-5-9-15-12/h4-5,8-11H,1-3,6-7H2. The molecule has 4 heteroatoms.